The van der Waals surface area contributed by atoms with Gasteiger partial charge in [-0.2, -0.15) is 0 Å². The minimum absolute atomic E-state index is 0.288. The van der Waals surface area contributed by atoms with E-state index in [0.29, 0.717) is 10.7 Å². The predicted octanol–water partition coefficient (Wildman–Crippen LogP) is 1.57. The van der Waals surface area contributed by atoms with Crippen molar-refractivity contribution >= 4 is 22.4 Å². The van der Waals surface area contributed by atoms with E-state index >= 15 is 0 Å². The summed E-state index contributed by atoms with van der Waals surface area (Å²) in [6, 6.07) is 2.84. The Kier molecular flexibility index (Phi) is 2.71. The molecule has 1 aliphatic carbocycles. The Balaban J connectivity index is 1.80. The highest BCUT2D eigenvalue weighted by Gasteiger charge is 2.18. The fourth-order valence-corrected chi connectivity index (χ4v) is 3.04. The van der Waals surface area contributed by atoms with Gasteiger partial charge >= 0.3 is 0 Å². The second kappa shape index (κ2) is 4.38. The monoisotopic (exact) mass is 261 g/mol. The standard InChI is InChI=1S/C12H11N3O2S/c16-10-6-7(4-5-13-10)11(17)15-12-14-8-2-1-3-9(8)18-12/h4-6H,1-3H2,(H,13,16)(H,14,15,17). The number of anilines is 1. The number of fused-ring (bicyclic) bond motifs is 1. The highest BCUT2D eigenvalue weighted by atomic mass is 32.1. The van der Waals surface area contributed by atoms with Crippen LogP contribution in [0, 0.1) is 0 Å². The number of H-pyrrole nitrogens is 1. The maximum atomic E-state index is 11.9. The van der Waals surface area contributed by atoms with Gasteiger partial charge in [0.2, 0.25) is 5.56 Å². The second-order valence-corrected chi connectivity index (χ2v) is 5.22. The molecule has 3 rings (SSSR count). The van der Waals surface area contributed by atoms with Crippen molar-refractivity contribution in [3.8, 4) is 0 Å². The Morgan fingerprint density at radius 2 is 2.33 bits per heavy atom. The number of pyridine rings is 1. The van der Waals surface area contributed by atoms with Crippen LogP contribution < -0.4 is 10.9 Å². The fourth-order valence-electron chi connectivity index (χ4n) is 2.00. The molecule has 0 aromatic carbocycles. The van der Waals surface area contributed by atoms with Crippen molar-refractivity contribution in [3.05, 3.63) is 44.8 Å². The number of aromatic amines is 1. The van der Waals surface area contributed by atoms with Gasteiger partial charge in [-0.15, -0.1) is 11.3 Å². The van der Waals surface area contributed by atoms with Crippen molar-refractivity contribution in [2.24, 2.45) is 0 Å². The van der Waals surface area contributed by atoms with Crippen molar-refractivity contribution in [2.75, 3.05) is 5.32 Å². The van der Waals surface area contributed by atoms with Crippen molar-refractivity contribution < 1.29 is 4.79 Å². The summed E-state index contributed by atoms with van der Waals surface area (Å²) in [6.07, 6.45) is 4.65. The molecule has 18 heavy (non-hydrogen) atoms. The molecule has 1 aliphatic rings. The summed E-state index contributed by atoms with van der Waals surface area (Å²) in [5.74, 6) is -0.298. The minimum Gasteiger partial charge on any atom is -0.329 e. The van der Waals surface area contributed by atoms with Gasteiger partial charge in [-0.05, 0) is 25.3 Å². The lowest BCUT2D eigenvalue weighted by molar-refractivity contribution is 0.102. The highest BCUT2D eigenvalue weighted by molar-refractivity contribution is 7.15. The number of aryl methyl sites for hydroxylation is 2. The van der Waals surface area contributed by atoms with Crippen molar-refractivity contribution in [1.29, 1.82) is 0 Å². The lowest BCUT2D eigenvalue weighted by Crippen LogP contribution is -2.15. The molecule has 0 aliphatic heterocycles. The molecule has 0 fully saturated rings. The topological polar surface area (TPSA) is 74.8 Å². The third kappa shape index (κ3) is 2.06. The third-order valence-electron chi connectivity index (χ3n) is 2.85. The maximum Gasteiger partial charge on any atom is 0.257 e. The molecule has 0 bridgehead atoms. The second-order valence-electron chi connectivity index (χ2n) is 4.14. The van der Waals surface area contributed by atoms with Crippen molar-refractivity contribution in [2.45, 2.75) is 19.3 Å². The van der Waals surface area contributed by atoms with Crippen LogP contribution in [0.15, 0.2) is 23.1 Å². The average Bonchev–Trinajstić information content (AvgIpc) is 2.89. The van der Waals surface area contributed by atoms with E-state index in [1.807, 2.05) is 0 Å². The Bertz CT molecular complexity index is 638. The molecule has 92 valence electrons. The van der Waals surface area contributed by atoms with E-state index in [4.69, 9.17) is 0 Å². The van der Waals surface area contributed by atoms with Crippen LogP contribution in [0.5, 0.6) is 0 Å². The maximum absolute atomic E-state index is 11.9. The van der Waals surface area contributed by atoms with Crippen LogP contribution >= 0.6 is 11.3 Å². The summed E-state index contributed by atoms with van der Waals surface area (Å²) >= 11 is 1.52. The first-order chi connectivity index (χ1) is 8.72. The lowest BCUT2D eigenvalue weighted by atomic mass is 10.2. The van der Waals surface area contributed by atoms with Crippen LogP contribution in [-0.2, 0) is 12.8 Å². The Hall–Kier alpha value is -1.95. The predicted molar refractivity (Wildman–Crippen MR) is 69.2 cm³/mol. The summed E-state index contributed by atoms with van der Waals surface area (Å²) in [7, 11) is 0. The minimum atomic E-state index is -0.298. The number of carbonyl (C=O) groups excluding carboxylic acids is 1. The fraction of sp³-hybridized carbons (Fsp3) is 0.250. The van der Waals surface area contributed by atoms with Gasteiger partial charge in [0.05, 0.1) is 5.69 Å². The van der Waals surface area contributed by atoms with E-state index in [2.05, 4.69) is 15.3 Å². The quantitative estimate of drug-likeness (QED) is 0.861. The van der Waals surface area contributed by atoms with E-state index in [1.54, 1.807) is 6.07 Å². The van der Waals surface area contributed by atoms with Crippen LogP contribution in [0.3, 0.4) is 0 Å². The summed E-state index contributed by atoms with van der Waals surface area (Å²) in [5.41, 5.74) is 1.15. The zero-order valence-electron chi connectivity index (χ0n) is 9.53. The normalized spacial score (nSPS) is 13.3. The van der Waals surface area contributed by atoms with Gasteiger partial charge in [-0.3, -0.25) is 14.9 Å². The Morgan fingerprint density at radius 1 is 1.44 bits per heavy atom. The molecule has 0 saturated heterocycles. The number of thiazole rings is 1. The van der Waals surface area contributed by atoms with Gasteiger partial charge in [-0.1, -0.05) is 0 Å². The first kappa shape index (κ1) is 11.2. The number of hydrogen-bond donors (Lipinski definition) is 2. The van der Waals surface area contributed by atoms with E-state index in [-0.39, 0.29) is 11.5 Å². The van der Waals surface area contributed by atoms with Gasteiger partial charge in [-0.25, -0.2) is 4.98 Å². The molecule has 0 unspecified atom stereocenters. The van der Waals surface area contributed by atoms with Gasteiger partial charge in [0.1, 0.15) is 0 Å². The molecular formula is C12H11N3O2S. The van der Waals surface area contributed by atoms with E-state index in [1.165, 1.54) is 28.5 Å². The van der Waals surface area contributed by atoms with Crippen LogP contribution in [-0.4, -0.2) is 15.9 Å². The number of nitrogens with one attached hydrogen (secondary N) is 2. The molecule has 2 heterocycles. The van der Waals surface area contributed by atoms with Gasteiger partial charge in [0.25, 0.3) is 5.91 Å². The SMILES string of the molecule is O=C(Nc1nc2c(s1)CCC2)c1cc[nH]c(=O)c1. The number of rotatable bonds is 2. The van der Waals surface area contributed by atoms with Crippen LogP contribution in [0.4, 0.5) is 5.13 Å². The first-order valence-electron chi connectivity index (χ1n) is 5.71. The summed E-state index contributed by atoms with van der Waals surface area (Å²) in [4.78, 5) is 31.1. The van der Waals surface area contributed by atoms with Crippen molar-refractivity contribution in [3.63, 3.8) is 0 Å². The Labute approximate surface area is 107 Å². The molecule has 2 N–H and O–H groups in total. The summed E-state index contributed by atoms with van der Waals surface area (Å²) < 4.78 is 0. The molecule has 6 heteroatoms. The third-order valence-corrected chi connectivity index (χ3v) is 3.93. The van der Waals surface area contributed by atoms with Crippen LogP contribution in [0.2, 0.25) is 0 Å². The molecule has 2 aromatic heterocycles. The Morgan fingerprint density at radius 3 is 3.11 bits per heavy atom. The summed E-state index contributed by atoms with van der Waals surface area (Å²) in [6.45, 7) is 0. The van der Waals surface area contributed by atoms with E-state index in [0.717, 1.165) is 25.0 Å². The zero-order chi connectivity index (χ0) is 12.5. The summed E-state index contributed by atoms with van der Waals surface area (Å²) in [5, 5.41) is 3.35. The molecule has 1 amide bonds. The van der Waals surface area contributed by atoms with Gasteiger partial charge in [0, 0.05) is 22.7 Å². The van der Waals surface area contributed by atoms with Crippen LogP contribution in [0.1, 0.15) is 27.3 Å². The van der Waals surface area contributed by atoms with Crippen molar-refractivity contribution in [1.82, 2.24) is 9.97 Å². The zero-order valence-corrected chi connectivity index (χ0v) is 10.3. The first-order valence-corrected chi connectivity index (χ1v) is 6.53. The number of amides is 1. The molecular weight excluding hydrogens is 250 g/mol. The molecule has 2 aromatic rings. The largest absolute Gasteiger partial charge is 0.329 e. The number of aromatic nitrogens is 2. The smallest absolute Gasteiger partial charge is 0.257 e. The molecule has 5 nitrogen and oxygen atoms in total. The van der Waals surface area contributed by atoms with Crippen LogP contribution in [0.25, 0.3) is 0 Å². The number of carbonyl (C=O) groups is 1. The van der Waals surface area contributed by atoms with Gasteiger partial charge in [0.15, 0.2) is 5.13 Å². The van der Waals surface area contributed by atoms with E-state index in [9.17, 15) is 9.59 Å². The lowest BCUT2D eigenvalue weighted by Gasteiger charge is -2.00. The van der Waals surface area contributed by atoms with E-state index < -0.39 is 0 Å². The average molecular weight is 261 g/mol. The number of nitrogens with zero attached hydrogens (tertiary/aromatic N) is 1. The molecule has 0 saturated carbocycles. The number of hydrogen-bond acceptors (Lipinski definition) is 4. The highest BCUT2D eigenvalue weighted by Crippen LogP contribution is 2.30. The van der Waals surface area contributed by atoms with Gasteiger partial charge < -0.3 is 4.98 Å². The molecule has 0 radical (unpaired) electrons. The molecule has 0 spiro atoms. The molecule has 0 atom stereocenters.